The molecule has 0 unspecified atom stereocenters. The summed E-state index contributed by atoms with van der Waals surface area (Å²) >= 11 is 0. The lowest BCUT2D eigenvalue weighted by Gasteiger charge is -2.54. The van der Waals surface area contributed by atoms with Crippen LogP contribution in [0.15, 0.2) is 255 Å². The zero-order valence-electron chi connectivity index (χ0n) is 48.5. The first kappa shape index (κ1) is 35.2. The zero-order valence-corrected chi connectivity index (χ0v) is 40.5. The predicted molar refractivity (Wildman–Crippen MR) is 301 cm³/mol. The first-order valence-corrected chi connectivity index (χ1v) is 26.2. The average Bonchev–Trinajstić information content (AvgIpc) is 3.06. The fourth-order valence-electron chi connectivity index (χ4n) is 15.1. The summed E-state index contributed by atoms with van der Waals surface area (Å²) in [5, 5.41) is 0. The van der Waals surface area contributed by atoms with E-state index in [0.29, 0.717) is 40.6 Å². The fraction of sp³-hybridized carbons (Fsp3) is 0.167. The van der Waals surface area contributed by atoms with Gasteiger partial charge >= 0.3 is 0 Å². The SMILES string of the molecule is [2H]c1c([2H])c(C2C3CC4CC(C3)CC2C4)c([2H])c([2H])c1-c1c([2H])c([2H])c(N(c2ccc3c(c2)C(c2ccccc2)(c2ccccc2)c2ccccc2-3)c2ccc3c(c2)C(c2ccccc2)(c2ccccc2)c2ccccc2-3)c([2H])c1[2H]. The molecule has 1 heteroatoms. The summed E-state index contributed by atoms with van der Waals surface area (Å²) in [4.78, 5) is 1.88. The van der Waals surface area contributed by atoms with Gasteiger partial charge in [-0.2, -0.15) is 0 Å². The molecule has 0 aromatic heterocycles. The number of hydrogen-bond acceptors (Lipinski definition) is 1. The number of fused-ring (bicyclic) bond motifs is 6. The summed E-state index contributed by atoms with van der Waals surface area (Å²) in [6.45, 7) is 0. The fourth-order valence-corrected chi connectivity index (χ4v) is 15.1. The standard InChI is InChI=1S/C72H57N/c1-5-17-55(18-6-1)71(56-19-7-2-8-20-56)66-27-15-13-25-62(66)64-39-37-60(46-68(64)71)73(59-35-33-51(34-36-59)50-29-31-52(32-30-50)70-53-42-48-41-49(44-53)45-54(70)43-48)61-38-40-65-63-26-14-16-28-67(63)72(69(65)47-61,57-21-9-3-10-22-57)58-23-11-4-12-24-58/h1-40,46-49,53-54,70H,41-45H2/i29D,30D,31D,32D,33D,34D,35D,36D. The van der Waals surface area contributed by atoms with Gasteiger partial charge in [-0.25, -0.2) is 0 Å². The summed E-state index contributed by atoms with van der Waals surface area (Å²) in [5.41, 5.74) is 12.4. The Balaban J connectivity index is 0.991. The van der Waals surface area contributed by atoms with Crippen molar-refractivity contribution in [2.75, 3.05) is 4.90 Å². The Labute approximate surface area is 441 Å². The molecule has 0 spiro atoms. The van der Waals surface area contributed by atoms with Crippen LogP contribution in [0.1, 0.15) is 99.1 Å². The molecule has 73 heavy (non-hydrogen) atoms. The third-order valence-corrected chi connectivity index (χ3v) is 17.7. The third-order valence-electron chi connectivity index (χ3n) is 17.7. The molecule has 6 aliphatic carbocycles. The lowest BCUT2D eigenvalue weighted by molar-refractivity contribution is -0.00277. The summed E-state index contributed by atoms with van der Waals surface area (Å²) in [5.74, 6) is 1.85. The van der Waals surface area contributed by atoms with Crippen LogP contribution in [-0.4, -0.2) is 0 Å². The van der Waals surface area contributed by atoms with Gasteiger partial charge in [0.15, 0.2) is 0 Å². The van der Waals surface area contributed by atoms with Crippen molar-refractivity contribution in [2.45, 2.75) is 48.9 Å². The van der Waals surface area contributed by atoms with Gasteiger partial charge in [0.1, 0.15) is 0 Å². The van der Waals surface area contributed by atoms with Crippen LogP contribution >= 0.6 is 0 Å². The topological polar surface area (TPSA) is 3.24 Å². The Hall–Kier alpha value is -8.00. The molecule has 6 aliphatic rings. The van der Waals surface area contributed by atoms with Crippen LogP contribution in [0.5, 0.6) is 0 Å². The number of hydrogen-bond donors (Lipinski definition) is 0. The second kappa shape index (κ2) is 16.8. The molecular formula is C72H57N. The third kappa shape index (κ3) is 6.40. The Morgan fingerprint density at radius 2 is 0.685 bits per heavy atom. The Kier molecular flexibility index (Phi) is 8.09. The van der Waals surface area contributed by atoms with Gasteiger partial charge in [-0.15, -0.1) is 0 Å². The maximum atomic E-state index is 10.3. The quantitative estimate of drug-likeness (QED) is 0.139. The molecule has 0 heterocycles. The molecule has 0 aliphatic heterocycles. The van der Waals surface area contributed by atoms with E-state index in [0.717, 1.165) is 92.4 Å². The Morgan fingerprint density at radius 3 is 1.10 bits per heavy atom. The highest BCUT2D eigenvalue weighted by atomic mass is 15.1. The lowest BCUT2D eigenvalue weighted by Crippen LogP contribution is -2.43. The minimum Gasteiger partial charge on any atom is -0.310 e. The molecule has 16 rings (SSSR count). The van der Waals surface area contributed by atoms with Gasteiger partial charge in [0.05, 0.1) is 21.8 Å². The van der Waals surface area contributed by atoms with E-state index >= 15 is 0 Å². The molecule has 10 aromatic carbocycles. The van der Waals surface area contributed by atoms with Crippen molar-refractivity contribution >= 4 is 17.1 Å². The second-order valence-corrected chi connectivity index (χ2v) is 21.3. The van der Waals surface area contributed by atoms with E-state index in [1.165, 1.54) is 6.42 Å². The first-order valence-electron chi connectivity index (χ1n) is 30.2. The van der Waals surface area contributed by atoms with Crippen molar-refractivity contribution in [3.63, 3.8) is 0 Å². The summed E-state index contributed by atoms with van der Waals surface area (Å²) in [6, 6.07) is 69.4. The van der Waals surface area contributed by atoms with Crippen molar-refractivity contribution in [1.82, 2.24) is 0 Å². The van der Waals surface area contributed by atoms with Gasteiger partial charge in [-0.3, -0.25) is 0 Å². The summed E-state index contributed by atoms with van der Waals surface area (Å²) in [6.07, 6.45) is 5.42. The van der Waals surface area contributed by atoms with Gasteiger partial charge in [-0.05, 0) is 181 Å². The van der Waals surface area contributed by atoms with Crippen molar-refractivity contribution < 1.29 is 11.0 Å². The molecule has 4 saturated carbocycles. The highest BCUT2D eigenvalue weighted by Gasteiger charge is 2.50. The molecule has 0 N–H and O–H groups in total. The first-order chi connectivity index (χ1) is 39.5. The van der Waals surface area contributed by atoms with Crippen molar-refractivity contribution in [3.05, 3.63) is 305 Å². The molecule has 4 bridgehead atoms. The molecule has 4 fully saturated rings. The Bertz CT molecular complexity index is 3830. The molecule has 0 amide bonds. The normalized spacial score (nSPS) is 22.5. The minimum atomic E-state index is -0.802. The van der Waals surface area contributed by atoms with E-state index in [2.05, 4.69) is 170 Å². The van der Waals surface area contributed by atoms with Crippen molar-refractivity contribution in [2.24, 2.45) is 23.7 Å². The van der Waals surface area contributed by atoms with Crippen LogP contribution in [0.25, 0.3) is 33.4 Å². The molecule has 0 saturated heterocycles. The average molecular weight is 944 g/mol. The molecule has 350 valence electrons. The molecule has 1 nitrogen and oxygen atoms in total. The molecular weight excluding hydrogens is 879 g/mol. The zero-order chi connectivity index (χ0) is 55.1. The van der Waals surface area contributed by atoms with Crippen LogP contribution in [0.4, 0.5) is 17.1 Å². The van der Waals surface area contributed by atoms with Gasteiger partial charge in [0.25, 0.3) is 0 Å². The van der Waals surface area contributed by atoms with E-state index in [1.807, 2.05) is 41.3 Å². The second-order valence-electron chi connectivity index (χ2n) is 21.3. The van der Waals surface area contributed by atoms with E-state index in [9.17, 15) is 11.0 Å². The van der Waals surface area contributed by atoms with Gasteiger partial charge in [-0.1, -0.05) is 218 Å². The van der Waals surface area contributed by atoms with E-state index < -0.39 is 22.9 Å². The smallest absolute Gasteiger partial charge is 0.0714 e. The van der Waals surface area contributed by atoms with Gasteiger partial charge < -0.3 is 4.90 Å². The van der Waals surface area contributed by atoms with E-state index in [1.54, 1.807) is 0 Å². The maximum Gasteiger partial charge on any atom is 0.0714 e. The van der Waals surface area contributed by atoms with Crippen LogP contribution in [-0.2, 0) is 10.8 Å². The lowest BCUT2D eigenvalue weighted by atomic mass is 9.51. The number of anilines is 3. The van der Waals surface area contributed by atoms with Crippen LogP contribution in [0.2, 0.25) is 0 Å². The van der Waals surface area contributed by atoms with Crippen LogP contribution in [0, 0.1) is 23.7 Å². The monoisotopic (exact) mass is 943 g/mol. The maximum absolute atomic E-state index is 10.3. The number of rotatable bonds is 9. The van der Waals surface area contributed by atoms with Gasteiger partial charge in [0, 0.05) is 17.1 Å². The highest BCUT2D eigenvalue weighted by Crippen LogP contribution is 2.62. The van der Waals surface area contributed by atoms with E-state index in [4.69, 9.17) is 0 Å². The largest absolute Gasteiger partial charge is 0.310 e. The van der Waals surface area contributed by atoms with Crippen molar-refractivity contribution in [3.8, 4) is 33.4 Å². The van der Waals surface area contributed by atoms with Crippen LogP contribution in [0.3, 0.4) is 0 Å². The minimum absolute atomic E-state index is 0.00446. The van der Waals surface area contributed by atoms with Crippen molar-refractivity contribution in [1.29, 1.82) is 0 Å². The number of benzene rings is 10. The Morgan fingerprint density at radius 1 is 0.329 bits per heavy atom. The molecule has 0 atom stereocenters. The summed E-state index contributed by atoms with van der Waals surface area (Å²) in [7, 11) is 0. The van der Waals surface area contributed by atoms with E-state index in [-0.39, 0.29) is 59.0 Å². The molecule has 10 aromatic rings. The van der Waals surface area contributed by atoms with Crippen LogP contribution < -0.4 is 4.90 Å². The highest BCUT2D eigenvalue weighted by molar-refractivity contribution is 5.92. The number of nitrogens with zero attached hydrogens (tertiary/aromatic N) is 1. The predicted octanol–water partition coefficient (Wildman–Crippen LogP) is 18.1. The molecule has 0 radical (unpaired) electrons. The van der Waals surface area contributed by atoms with Gasteiger partial charge in [0.2, 0.25) is 0 Å². The summed E-state index contributed by atoms with van der Waals surface area (Å²) < 4.78 is 79.1.